The number of anilines is 11. The van der Waals surface area contributed by atoms with Crippen molar-refractivity contribution < 1.29 is 4.79 Å². The lowest BCUT2D eigenvalue weighted by Gasteiger charge is -2.42. The standard InChI is InChI=1S/C82H68N4O/c1-80(2)69-31-19-21-33-75(69)85(77-49-45-65(53-73(77)80)83(59-23-11-7-12-24-59)60-25-13-8-14-26-60)63-41-35-55(36-42-63)57-39-47-67-71(51-57)82(5,6)72-52-58(40-48-68(72)79(67)87)56-37-43-64(44-38-56)86-76-34-22-20-32-70(76)81(3,4)74-54-66(46-50-78(74)86)84(61-27-15-9-16-28-61)62-29-17-10-18-30-62/h7-9,11-17,19-54H,10,18H2,1-6H3. The number of hydrogen-bond donors (Lipinski definition) is 0. The summed E-state index contributed by atoms with van der Waals surface area (Å²) in [6, 6.07) is 94.5. The van der Waals surface area contributed by atoms with Crippen molar-refractivity contribution >= 4 is 68.3 Å². The molecule has 0 amide bonds. The van der Waals surface area contributed by atoms with Crippen molar-refractivity contribution in [1.29, 1.82) is 0 Å². The fraction of sp³-hybridized carbons (Fsp3) is 0.134. The van der Waals surface area contributed by atoms with Gasteiger partial charge in [0.05, 0.1) is 22.7 Å². The van der Waals surface area contributed by atoms with Gasteiger partial charge in [0.1, 0.15) is 0 Å². The van der Waals surface area contributed by atoms with Crippen LogP contribution in [-0.4, -0.2) is 5.78 Å². The molecule has 11 aromatic rings. The topological polar surface area (TPSA) is 30.0 Å². The number of ketones is 1. The first kappa shape index (κ1) is 53.5. The third kappa shape index (κ3) is 8.86. The van der Waals surface area contributed by atoms with Crippen molar-refractivity contribution in [2.45, 2.75) is 70.6 Å². The zero-order chi connectivity index (χ0) is 59.2. The van der Waals surface area contributed by atoms with E-state index in [1.54, 1.807) is 0 Å². The van der Waals surface area contributed by atoms with E-state index in [4.69, 9.17) is 0 Å². The Morgan fingerprint density at radius 1 is 0.322 bits per heavy atom. The van der Waals surface area contributed by atoms with Crippen LogP contribution in [0.1, 0.15) is 104 Å². The first-order valence-corrected chi connectivity index (χ1v) is 30.6. The predicted octanol–water partition coefficient (Wildman–Crippen LogP) is 22.0. The van der Waals surface area contributed by atoms with Gasteiger partial charge in [-0.1, -0.05) is 193 Å². The van der Waals surface area contributed by atoms with Gasteiger partial charge >= 0.3 is 0 Å². The number of rotatable bonds is 10. The minimum Gasteiger partial charge on any atom is -0.311 e. The molecule has 5 nitrogen and oxygen atoms in total. The van der Waals surface area contributed by atoms with Crippen molar-refractivity contribution in [2.75, 3.05) is 19.6 Å². The molecule has 0 atom stereocenters. The number of nitrogens with zero attached hydrogens (tertiary/aromatic N) is 4. The number of carbonyl (C=O) groups is 1. The van der Waals surface area contributed by atoms with Crippen molar-refractivity contribution in [3.8, 4) is 22.3 Å². The molecular weight excluding hydrogens is 1060 g/mol. The molecule has 422 valence electrons. The summed E-state index contributed by atoms with van der Waals surface area (Å²) in [6.07, 6.45) is 8.98. The number of hydrogen-bond acceptors (Lipinski definition) is 5. The zero-order valence-electron chi connectivity index (χ0n) is 50.2. The highest BCUT2D eigenvalue weighted by Gasteiger charge is 2.41. The minimum absolute atomic E-state index is 0.0691. The summed E-state index contributed by atoms with van der Waals surface area (Å²) < 4.78 is 0. The van der Waals surface area contributed by atoms with Crippen LogP contribution in [0.4, 0.5) is 62.6 Å². The van der Waals surface area contributed by atoms with Gasteiger partial charge in [0.15, 0.2) is 5.78 Å². The Kier molecular flexibility index (Phi) is 12.8. The Bertz CT molecular complexity index is 4520. The van der Waals surface area contributed by atoms with Crippen LogP contribution in [0.3, 0.4) is 0 Å². The normalized spacial score (nSPS) is 15.4. The van der Waals surface area contributed by atoms with E-state index in [1.165, 1.54) is 45.0 Å². The van der Waals surface area contributed by atoms with Crippen LogP contribution in [0, 0.1) is 0 Å². The van der Waals surface area contributed by atoms with Crippen LogP contribution < -0.4 is 19.6 Å². The first-order chi connectivity index (χ1) is 42.3. The zero-order valence-corrected chi connectivity index (χ0v) is 50.2. The fourth-order valence-corrected chi connectivity index (χ4v) is 14.4. The molecule has 11 aromatic carbocycles. The summed E-state index contributed by atoms with van der Waals surface area (Å²) in [7, 11) is 0. The molecule has 4 aliphatic rings. The summed E-state index contributed by atoms with van der Waals surface area (Å²) >= 11 is 0. The molecule has 2 aliphatic carbocycles. The van der Waals surface area contributed by atoms with E-state index in [0.717, 1.165) is 103 Å². The van der Waals surface area contributed by atoms with Crippen LogP contribution >= 0.6 is 0 Å². The molecule has 15 rings (SSSR count). The molecular formula is C82H68N4O. The number of allylic oxidation sites excluding steroid dienone is 3. The summed E-state index contributed by atoms with van der Waals surface area (Å²) in [5.74, 6) is 0.0691. The summed E-state index contributed by atoms with van der Waals surface area (Å²) in [5, 5.41) is 0. The van der Waals surface area contributed by atoms with Crippen LogP contribution in [0.2, 0.25) is 0 Å². The van der Waals surface area contributed by atoms with Gasteiger partial charge in [0.25, 0.3) is 0 Å². The Morgan fingerprint density at radius 2 is 0.701 bits per heavy atom. The molecule has 0 unspecified atom stereocenters. The highest BCUT2D eigenvalue weighted by Crippen LogP contribution is 2.56. The van der Waals surface area contributed by atoms with Crippen molar-refractivity contribution in [3.05, 3.63) is 329 Å². The SMILES string of the molecule is CC1(C)c2cc(-c3ccc(N4c5ccccc5C(C)(C)c5cc(N(C6=CCCC=C6)c6ccccc6)ccc54)cc3)ccc2C(=O)c2ccc(-c3ccc(N4c5ccccc5C(C)(C)c5cc(N(c6ccccc6)c6ccccc6)ccc54)cc3)cc21. The Morgan fingerprint density at radius 3 is 1.14 bits per heavy atom. The second-order valence-corrected chi connectivity index (χ2v) is 25.2. The smallest absolute Gasteiger partial charge is 0.193 e. The summed E-state index contributed by atoms with van der Waals surface area (Å²) in [4.78, 5) is 24.2. The van der Waals surface area contributed by atoms with Crippen LogP contribution in [0.25, 0.3) is 22.3 Å². The van der Waals surface area contributed by atoms with Gasteiger partial charge in [-0.05, 0) is 196 Å². The van der Waals surface area contributed by atoms with Crippen molar-refractivity contribution in [2.24, 2.45) is 0 Å². The number of fused-ring (bicyclic) bond motifs is 6. The number of carbonyl (C=O) groups excluding carboxylic acids is 1. The average molecular weight is 1130 g/mol. The average Bonchev–Trinajstić information content (AvgIpc) is 2.18. The largest absolute Gasteiger partial charge is 0.311 e. The Balaban J connectivity index is 0.735. The lowest BCUT2D eigenvalue weighted by Crippen LogP contribution is -2.31. The van der Waals surface area contributed by atoms with E-state index in [2.05, 4.69) is 328 Å². The lowest BCUT2D eigenvalue weighted by molar-refractivity contribution is 0.103. The van der Waals surface area contributed by atoms with Gasteiger partial charge in [-0.15, -0.1) is 0 Å². The van der Waals surface area contributed by atoms with E-state index in [1.807, 2.05) is 12.1 Å². The molecule has 2 aliphatic heterocycles. The molecule has 87 heavy (non-hydrogen) atoms. The predicted molar refractivity (Wildman–Crippen MR) is 363 cm³/mol. The van der Waals surface area contributed by atoms with E-state index in [0.29, 0.717) is 0 Å². The highest BCUT2D eigenvalue weighted by atomic mass is 16.1. The monoisotopic (exact) mass is 1120 g/mol. The first-order valence-electron chi connectivity index (χ1n) is 30.6. The fourth-order valence-electron chi connectivity index (χ4n) is 14.4. The molecule has 0 fully saturated rings. The molecule has 5 heteroatoms. The van der Waals surface area contributed by atoms with E-state index in [9.17, 15) is 4.79 Å². The van der Waals surface area contributed by atoms with Gasteiger partial charge in [0.2, 0.25) is 0 Å². The third-order valence-electron chi connectivity index (χ3n) is 19.0. The van der Waals surface area contributed by atoms with E-state index >= 15 is 0 Å². The van der Waals surface area contributed by atoms with Gasteiger partial charge < -0.3 is 19.6 Å². The van der Waals surface area contributed by atoms with E-state index in [-0.39, 0.29) is 16.6 Å². The van der Waals surface area contributed by atoms with Gasteiger partial charge in [-0.3, -0.25) is 4.79 Å². The Hall–Kier alpha value is -10.2. The number of benzene rings is 11. The molecule has 0 N–H and O–H groups in total. The Labute approximate surface area is 512 Å². The van der Waals surface area contributed by atoms with Crippen LogP contribution in [0.5, 0.6) is 0 Å². The van der Waals surface area contributed by atoms with E-state index < -0.39 is 5.41 Å². The van der Waals surface area contributed by atoms with Crippen LogP contribution in [-0.2, 0) is 16.2 Å². The number of para-hydroxylation sites is 5. The van der Waals surface area contributed by atoms with Gasteiger partial charge in [0, 0.05) is 72.9 Å². The maximum atomic E-state index is 14.6. The quantitative estimate of drug-likeness (QED) is 0.136. The van der Waals surface area contributed by atoms with Crippen LogP contribution in [0.15, 0.2) is 285 Å². The van der Waals surface area contributed by atoms with Gasteiger partial charge in [-0.2, -0.15) is 0 Å². The summed E-state index contributed by atoms with van der Waals surface area (Å²) in [5.41, 5.74) is 25.7. The molecule has 0 aromatic heterocycles. The summed E-state index contributed by atoms with van der Waals surface area (Å²) in [6.45, 7) is 14.0. The maximum Gasteiger partial charge on any atom is 0.193 e. The molecule has 0 saturated heterocycles. The molecule has 0 bridgehead atoms. The molecule has 2 heterocycles. The maximum absolute atomic E-state index is 14.6. The second-order valence-electron chi connectivity index (χ2n) is 25.2. The lowest BCUT2D eigenvalue weighted by atomic mass is 9.67. The molecule has 0 spiro atoms. The minimum atomic E-state index is -0.458. The van der Waals surface area contributed by atoms with Crippen molar-refractivity contribution in [3.63, 3.8) is 0 Å². The molecule has 0 radical (unpaired) electrons. The molecule has 0 saturated carbocycles. The second kappa shape index (κ2) is 20.8. The third-order valence-corrected chi connectivity index (χ3v) is 19.0. The van der Waals surface area contributed by atoms with Gasteiger partial charge in [-0.25, -0.2) is 0 Å². The highest BCUT2D eigenvalue weighted by molar-refractivity contribution is 6.14. The van der Waals surface area contributed by atoms with Crippen molar-refractivity contribution in [1.82, 2.24) is 0 Å².